The van der Waals surface area contributed by atoms with Crippen molar-refractivity contribution in [1.29, 1.82) is 0 Å². The Morgan fingerprint density at radius 3 is 2.48 bits per heavy atom. The first-order valence-electron chi connectivity index (χ1n) is 6.83. The number of esters is 1. The van der Waals surface area contributed by atoms with Crippen molar-refractivity contribution in [2.75, 3.05) is 13.2 Å². The summed E-state index contributed by atoms with van der Waals surface area (Å²) in [6, 6.07) is 7.73. The van der Waals surface area contributed by atoms with E-state index in [9.17, 15) is 14.4 Å². The zero-order valence-corrected chi connectivity index (χ0v) is 12.2. The molecule has 0 aliphatic carbocycles. The summed E-state index contributed by atoms with van der Waals surface area (Å²) in [7, 11) is 0. The lowest BCUT2D eigenvalue weighted by molar-refractivity contribution is -0.150. The number of ether oxygens (including phenoxy) is 1. The van der Waals surface area contributed by atoms with Crippen LogP contribution < -0.4 is 10.6 Å². The van der Waals surface area contributed by atoms with Gasteiger partial charge in [-0.25, -0.2) is 4.79 Å². The number of carbonyl (C=O) groups excluding carboxylic acids is 3. The Hall–Kier alpha value is -2.37. The smallest absolute Gasteiger partial charge is 0.328 e. The Bertz CT molecular complexity index is 488. The van der Waals surface area contributed by atoms with Crippen molar-refractivity contribution < 1.29 is 19.1 Å². The van der Waals surface area contributed by atoms with Crippen LogP contribution in [0.4, 0.5) is 0 Å². The van der Waals surface area contributed by atoms with Gasteiger partial charge in [-0.2, -0.15) is 0 Å². The van der Waals surface area contributed by atoms with Gasteiger partial charge in [-0.3, -0.25) is 9.59 Å². The standard InChI is InChI=1S/C15H20N2O4/c1-3-9-16-13(18)10-21-15(20)11(2)17-14(19)12-7-5-4-6-8-12/h4-8,11H,3,9-10H2,1-2H3,(H,16,18)(H,17,19)/t11-/m0/s1. The molecule has 0 aliphatic rings. The molecule has 0 aromatic heterocycles. The molecule has 1 aromatic rings. The third kappa shape index (κ3) is 6.07. The number of hydrogen-bond donors (Lipinski definition) is 2. The van der Waals surface area contributed by atoms with Crippen LogP contribution in [0.5, 0.6) is 0 Å². The monoisotopic (exact) mass is 292 g/mol. The second-order valence-corrected chi connectivity index (χ2v) is 4.52. The SMILES string of the molecule is CCCNC(=O)COC(=O)[C@H](C)NC(=O)c1ccccc1. The molecule has 0 fully saturated rings. The van der Waals surface area contributed by atoms with Gasteiger partial charge in [0.1, 0.15) is 6.04 Å². The van der Waals surface area contributed by atoms with E-state index in [2.05, 4.69) is 10.6 Å². The molecular formula is C15H20N2O4. The van der Waals surface area contributed by atoms with Crippen molar-refractivity contribution >= 4 is 17.8 Å². The summed E-state index contributed by atoms with van der Waals surface area (Å²) in [4.78, 5) is 34.8. The largest absolute Gasteiger partial charge is 0.454 e. The number of amides is 2. The molecule has 0 radical (unpaired) electrons. The van der Waals surface area contributed by atoms with E-state index < -0.39 is 12.0 Å². The minimum Gasteiger partial charge on any atom is -0.454 e. The lowest BCUT2D eigenvalue weighted by atomic mass is 10.2. The number of carbonyl (C=O) groups is 3. The highest BCUT2D eigenvalue weighted by Gasteiger charge is 2.18. The number of rotatable bonds is 7. The van der Waals surface area contributed by atoms with Crippen LogP contribution >= 0.6 is 0 Å². The van der Waals surface area contributed by atoms with E-state index in [0.29, 0.717) is 12.1 Å². The lowest BCUT2D eigenvalue weighted by Gasteiger charge is -2.13. The zero-order chi connectivity index (χ0) is 15.7. The van der Waals surface area contributed by atoms with Crippen LogP contribution in [-0.4, -0.2) is 37.0 Å². The summed E-state index contributed by atoms with van der Waals surface area (Å²) in [5.41, 5.74) is 0.456. The Morgan fingerprint density at radius 1 is 1.19 bits per heavy atom. The van der Waals surface area contributed by atoms with Gasteiger partial charge in [0.15, 0.2) is 6.61 Å². The molecule has 114 valence electrons. The highest BCUT2D eigenvalue weighted by Crippen LogP contribution is 1.99. The molecule has 1 rings (SSSR count). The summed E-state index contributed by atoms with van der Waals surface area (Å²) in [6.07, 6.45) is 0.809. The molecule has 0 saturated carbocycles. The summed E-state index contributed by atoms with van der Waals surface area (Å²) in [5, 5.41) is 5.11. The fourth-order valence-corrected chi connectivity index (χ4v) is 1.51. The van der Waals surface area contributed by atoms with E-state index >= 15 is 0 Å². The molecule has 6 nitrogen and oxygen atoms in total. The Morgan fingerprint density at radius 2 is 1.86 bits per heavy atom. The van der Waals surface area contributed by atoms with Crippen molar-refractivity contribution in [2.45, 2.75) is 26.3 Å². The molecule has 6 heteroatoms. The molecule has 21 heavy (non-hydrogen) atoms. The molecule has 0 saturated heterocycles. The van der Waals surface area contributed by atoms with Crippen LogP contribution in [0.2, 0.25) is 0 Å². The van der Waals surface area contributed by atoms with Gasteiger partial charge in [0.05, 0.1) is 0 Å². The van der Waals surface area contributed by atoms with Crippen molar-refractivity contribution in [1.82, 2.24) is 10.6 Å². The average Bonchev–Trinajstić information content (AvgIpc) is 2.51. The van der Waals surface area contributed by atoms with Gasteiger partial charge in [-0.05, 0) is 25.5 Å². The van der Waals surface area contributed by atoms with Gasteiger partial charge < -0.3 is 15.4 Å². The summed E-state index contributed by atoms with van der Waals surface area (Å²) in [5.74, 6) is -1.37. The molecule has 0 unspecified atom stereocenters. The molecule has 2 N–H and O–H groups in total. The van der Waals surface area contributed by atoms with Gasteiger partial charge in [-0.1, -0.05) is 25.1 Å². The first-order valence-corrected chi connectivity index (χ1v) is 6.83. The lowest BCUT2D eigenvalue weighted by Crippen LogP contribution is -2.41. The van der Waals surface area contributed by atoms with Crippen LogP contribution in [0.3, 0.4) is 0 Å². The maximum atomic E-state index is 11.8. The predicted octanol–water partition coefficient (Wildman–Crippen LogP) is 0.874. The zero-order valence-electron chi connectivity index (χ0n) is 12.2. The minimum atomic E-state index is -0.823. The fraction of sp³-hybridized carbons (Fsp3) is 0.400. The van der Waals surface area contributed by atoms with E-state index in [-0.39, 0.29) is 18.4 Å². The molecule has 2 amide bonds. The minimum absolute atomic E-state index is 0.343. The quantitative estimate of drug-likeness (QED) is 0.730. The van der Waals surface area contributed by atoms with E-state index in [1.54, 1.807) is 30.3 Å². The topological polar surface area (TPSA) is 84.5 Å². The van der Waals surface area contributed by atoms with Crippen molar-refractivity contribution in [2.24, 2.45) is 0 Å². The predicted molar refractivity (Wildman–Crippen MR) is 77.6 cm³/mol. The molecular weight excluding hydrogens is 272 g/mol. The first-order chi connectivity index (χ1) is 10.0. The average molecular weight is 292 g/mol. The molecule has 0 aliphatic heterocycles. The summed E-state index contributed by atoms with van der Waals surface area (Å²) < 4.78 is 4.83. The number of hydrogen-bond acceptors (Lipinski definition) is 4. The second kappa shape index (κ2) is 8.73. The Kier molecular flexibility index (Phi) is 6.94. The molecule has 0 bridgehead atoms. The van der Waals surface area contributed by atoms with E-state index in [1.807, 2.05) is 6.92 Å². The highest BCUT2D eigenvalue weighted by molar-refractivity contribution is 5.96. The summed E-state index contributed by atoms with van der Waals surface area (Å²) in [6.45, 7) is 3.63. The van der Waals surface area contributed by atoms with Crippen LogP contribution in [0.1, 0.15) is 30.6 Å². The van der Waals surface area contributed by atoms with Crippen molar-refractivity contribution in [3.05, 3.63) is 35.9 Å². The van der Waals surface area contributed by atoms with Gasteiger partial charge in [0.25, 0.3) is 11.8 Å². The Balaban J connectivity index is 2.37. The summed E-state index contributed by atoms with van der Waals surface area (Å²) >= 11 is 0. The van der Waals surface area contributed by atoms with Crippen LogP contribution in [0, 0.1) is 0 Å². The molecule has 1 atom stereocenters. The van der Waals surface area contributed by atoms with Crippen LogP contribution in [0.15, 0.2) is 30.3 Å². The first kappa shape index (κ1) is 16.7. The van der Waals surface area contributed by atoms with Crippen LogP contribution in [-0.2, 0) is 14.3 Å². The van der Waals surface area contributed by atoms with E-state index in [0.717, 1.165) is 6.42 Å². The van der Waals surface area contributed by atoms with Gasteiger partial charge in [-0.15, -0.1) is 0 Å². The third-order valence-corrected chi connectivity index (χ3v) is 2.65. The maximum Gasteiger partial charge on any atom is 0.328 e. The van der Waals surface area contributed by atoms with Crippen molar-refractivity contribution in [3.8, 4) is 0 Å². The van der Waals surface area contributed by atoms with E-state index in [4.69, 9.17) is 4.74 Å². The van der Waals surface area contributed by atoms with Crippen LogP contribution in [0.25, 0.3) is 0 Å². The number of nitrogens with one attached hydrogen (secondary N) is 2. The Labute approximate surface area is 123 Å². The van der Waals surface area contributed by atoms with Crippen molar-refractivity contribution in [3.63, 3.8) is 0 Å². The maximum absolute atomic E-state index is 11.8. The number of benzene rings is 1. The highest BCUT2D eigenvalue weighted by atomic mass is 16.5. The van der Waals surface area contributed by atoms with Gasteiger partial charge in [0.2, 0.25) is 0 Å². The molecule has 1 aromatic carbocycles. The fourth-order valence-electron chi connectivity index (χ4n) is 1.51. The molecule has 0 heterocycles. The third-order valence-electron chi connectivity index (χ3n) is 2.65. The molecule has 0 spiro atoms. The second-order valence-electron chi connectivity index (χ2n) is 4.52. The van der Waals surface area contributed by atoms with E-state index in [1.165, 1.54) is 6.92 Å². The van der Waals surface area contributed by atoms with Gasteiger partial charge >= 0.3 is 5.97 Å². The normalized spacial score (nSPS) is 11.3. The van der Waals surface area contributed by atoms with Gasteiger partial charge in [0, 0.05) is 12.1 Å².